The van der Waals surface area contributed by atoms with Gasteiger partial charge in [0.15, 0.2) is 0 Å². The lowest BCUT2D eigenvalue weighted by Crippen LogP contribution is -2.28. The number of sulfonamides is 1. The number of hydrogen-bond donors (Lipinski definition) is 1. The zero-order valence-electron chi connectivity index (χ0n) is 18.1. The predicted octanol–water partition coefficient (Wildman–Crippen LogP) is 6.10. The van der Waals surface area contributed by atoms with Crippen LogP contribution in [-0.2, 0) is 38.5 Å². The van der Waals surface area contributed by atoms with Crippen molar-refractivity contribution in [3.05, 3.63) is 61.4 Å². The molecule has 0 aliphatic carbocycles. The van der Waals surface area contributed by atoms with Gasteiger partial charge in [-0.3, -0.25) is 0 Å². The highest BCUT2D eigenvalue weighted by atomic mass is 35.5. The highest BCUT2D eigenvalue weighted by molar-refractivity contribution is 8.18. The molecule has 0 amide bonds. The van der Waals surface area contributed by atoms with Crippen LogP contribution in [0.15, 0.2) is 33.0 Å². The topological polar surface area (TPSA) is 81.4 Å². The Morgan fingerprint density at radius 1 is 1.18 bits per heavy atom. The molecule has 11 heteroatoms. The van der Waals surface area contributed by atoms with Crippen molar-refractivity contribution in [1.29, 1.82) is 0 Å². The third-order valence-electron chi connectivity index (χ3n) is 5.84. The Balaban J connectivity index is 1.54. The number of thioether (sulfide) groups is 2. The standard InChI is InChI=1S/C22H23ClN2O4S4/c1-13-8-16-11-28-12-17(16)9-15(13)10-22(31-5-3-6-32-22)20-18(4-7-30-20)33(26,27)25-21-19(23)14(2)24-29-21/h4,7-9,25H,3,5-6,10-12H2,1-2H3. The highest BCUT2D eigenvalue weighted by Gasteiger charge is 2.42. The minimum absolute atomic E-state index is 0.0567. The number of nitrogens with one attached hydrogen (secondary N) is 1. The fraction of sp³-hybridized carbons (Fsp3) is 0.409. The van der Waals surface area contributed by atoms with E-state index in [0.29, 0.717) is 18.9 Å². The van der Waals surface area contributed by atoms with Crippen molar-refractivity contribution in [2.75, 3.05) is 16.2 Å². The molecule has 0 atom stereocenters. The summed E-state index contributed by atoms with van der Waals surface area (Å²) in [5.41, 5.74) is 5.36. The lowest BCUT2D eigenvalue weighted by molar-refractivity contribution is 0.134. The van der Waals surface area contributed by atoms with Gasteiger partial charge in [-0.2, -0.15) is 0 Å². The summed E-state index contributed by atoms with van der Waals surface area (Å²) in [5, 5.41) is 5.77. The molecule has 6 nitrogen and oxygen atoms in total. The normalized spacial score (nSPS) is 17.8. The van der Waals surface area contributed by atoms with Gasteiger partial charge in [-0.25, -0.2) is 13.1 Å². The molecule has 0 unspecified atom stereocenters. The van der Waals surface area contributed by atoms with Crippen LogP contribution < -0.4 is 4.72 Å². The minimum Gasteiger partial charge on any atom is -0.372 e. The summed E-state index contributed by atoms with van der Waals surface area (Å²) in [6.45, 7) is 5.08. The van der Waals surface area contributed by atoms with E-state index in [-0.39, 0.29) is 15.8 Å². The summed E-state index contributed by atoms with van der Waals surface area (Å²) in [5.74, 6) is 1.91. The summed E-state index contributed by atoms with van der Waals surface area (Å²) in [6.07, 6.45) is 1.85. The Hall–Kier alpha value is -1.17. The van der Waals surface area contributed by atoms with E-state index in [1.54, 1.807) is 13.0 Å². The predicted molar refractivity (Wildman–Crippen MR) is 136 cm³/mol. The first-order valence-corrected chi connectivity index (χ1v) is 15.2. The fourth-order valence-corrected chi connectivity index (χ4v) is 10.8. The SMILES string of the molecule is Cc1cc2c(cc1CC1(c3sccc3S(=O)(=O)Nc3onc(C)c3Cl)SCCCS1)COC2. The molecule has 2 aromatic heterocycles. The molecule has 2 aliphatic rings. The van der Waals surface area contributed by atoms with Gasteiger partial charge in [0.05, 0.1) is 18.1 Å². The zero-order valence-corrected chi connectivity index (χ0v) is 22.2. The largest absolute Gasteiger partial charge is 0.372 e. The average molecular weight is 543 g/mol. The number of halogens is 1. The third kappa shape index (κ3) is 4.46. The monoisotopic (exact) mass is 542 g/mol. The van der Waals surface area contributed by atoms with Gasteiger partial charge in [-0.15, -0.1) is 34.9 Å². The number of thiophene rings is 1. The van der Waals surface area contributed by atoms with E-state index in [4.69, 9.17) is 20.9 Å². The Kier molecular flexibility index (Phi) is 6.52. The van der Waals surface area contributed by atoms with Crippen LogP contribution in [0.3, 0.4) is 0 Å². The van der Waals surface area contributed by atoms with Crippen molar-refractivity contribution in [3.63, 3.8) is 0 Å². The molecule has 4 heterocycles. The molecule has 0 spiro atoms. The maximum atomic E-state index is 13.4. The summed E-state index contributed by atoms with van der Waals surface area (Å²) in [7, 11) is -3.91. The second-order valence-corrected chi connectivity index (χ2v) is 14.1. The lowest BCUT2D eigenvalue weighted by Gasteiger charge is -2.36. The van der Waals surface area contributed by atoms with Crippen LogP contribution >= 0.6 is 46.5 Å². The molecule has 2 aliphatic heterocycles. The van der Waals surface area contributed by atoms with Gasteiger partial charge in [-0.1, -0.05) is 28.9 Å². The number of anilines is 1. The molecule has 1 saturated heterocycles. The molecule has 176 valence electrons. The smallest absolute Gasteiger partial charge is 0.265 e. The Morgan fingerprint density at radius 3 is 2.61 bits per heavy atom. The van der Waals surface area contributed by atoms with Gasteiger partial charge in [-0.05, 0) is 65.5 Å². The number of rotatable bonds is 6. The maximum absolute atomic E-state index is 13.4. The third-order valence-corrected chi connectivity index (χ3v) is 12.4. The van der Waals surface area contributed by atoms with Crippen LogP contribution in [0.25, 0.3) is 0 Å². The van der Waals surface area contributed by atoms with Crippen LogP contribution in [-0.4, -0.2) is 25.1 Å². The molecule has 1 aromatic carbocycles. The van der Waals surface area contributed by atoms with Crippen molar-refractivity contribution >= 4 is 62.4 Å². The zero-order chi connectivity index (χ0) is 23.2. The first-order chi connectivity index (χ1) is 15.8. The van der Waals surface area contributed by atoms with Crippen LogP contribution in [0.2, 0.25) is 5.02 Å². The van der Waals surface area contributed by atoms with Gasteiger partial charge in [0.25, 0.3) is 15.9 Å². The van der Waals surface area contributed by atoms with E-state index in [1.807, 2.05) is 28.9 Å². The van der Waals surface area contributed by atoms with E-state index in [0.717, 1.165) is 29.2 Å². The molecule has 1 N–H and O–H groups in total. The van der Waals surface area contributed by atoms with E-state index in [1.165, 1.54) is 33.6 Å². The molecule has 5 rings (SSSR count). The summed E-state index contributed by atoms with van der Waals surface area (Å²) in [6, 6.07) is 6.12. The number of ether oxygens (including phenoxy) is 1. The quantitative estimate of drug-likeness (QED) is 0.403. The average Bonchev–Trinajstić information content (AvgIpc) is 3.52. The molecule has 3 aromatic rings. The van der Waals surface area contributed by atoms with Gasteiger partial charge < -0.3 is 9.26 Å². The molecule has 0 saturated carbocycles. The first kappa shape index (κ1) is 23.6. The van der Waals surface area contributed by atoms with E-state index < -0.39 is 14.1 Å². The van der Waals surface area contributed by atoms with Crippen molar-refractivity contribution in [1.82, 2.24) is 5.16 Å². The van der Waals surface area contributed by atoms with E-state index in [9.17, 15) is 8.42 Å². The first-order valence-electron chi connectivity index (χ1n) is 10.5. The molecular weight excluding hydrogens is 520 g/mol. The van der Waals surface area contributed by atoms with E-state index >= 15 is 0 Å². The fourth-order valence-electron chi connectivity index (χ4n) is 4.12. The van der Waals surface area contributed by atoms with Gasteiger partial charge in [0.1, 0.15) is 19.7 Å². The molecule has 0 bridgehead atoms. The summed E-state index contributed by atoms with van der Waals surface area (Å²) >= 11 is 11.3. The van der Waals surface area contributed by atoms with Crippen LogP contribution in [0.5, 0.6) is 0 Å². The van der Waals surface area contributed by atoms with Crippen LogP contribution in [0.1, 0.15) is 39.2 Å². The van der Waals surface area contributed by atoms with Crippen LogP contribution in [0, 0.1) is 13.8 Å². The lowest BCUT2D eigenvalue weighted by atomic mass is 9.97. The molecule has 0 radical (unpaired) electrons. The molecule has 1 fully saturated rings. The summed E-state index contributed by atoms with van der Waals surface area (Å²) < 4.78 is 39.7. The summed E-state index contributed by atoms with van der Waals surface area (Å²) in [4.78, 5) is 1.11. The van der Waals surface area contributed by atoms with Gasteiger partial charge in [0.2, 0.25) is 0 Å². The number of hydrogen-bond acceptors (Lipinski definition) is 8. The highest BCUT2D eigenvalue weighted by Crippen LogP contribution is 2.56. The Bertz CT molecular complexity index is 1300. The number of aryl methyl sites for hydroxylation is 2. The van der Waals surface area contributed by atoms with Crippen molar-refractivity contribution in [2.45, 2.75) is 48.9 Å². The second kappa shape index (κ2) is 9.13. The van der Waals surface area contributed by atoms with Crippen molar-refractivity contribution in [3.8, 4) is 0 Å². The molecule has 33 heavy (non-hydrogen) atoms. The maximum Gasteiger partial charge on any atom is 0.265 e. The van der Waals surface area contributed by atoms with Crippen LogP contribution in [0.4, 0.5) is 5.88 Å². The van der Waals surface area contributed by atoms with E-state index in [2.05, 4.69) is 28.9 Å². The Morgan fingerprint density at radius 2 is 1.91 bits per heavy atom. The minimum atomic E-state index is -3.91. The van der Waals surface area contributed by atoms with Crippen molar-refractivity contribution < 1.29 is 17.7 Å². The Labute approximate surface area is 210 Å². The van der Waals surface area contributed by atoms with Gasteiger partial charge >= 0.3 is 0 Å². The second-order valence-electron chi connectivity index (χ2n) is 8.15. The van der Waals surface area contributed by atoms with Crippen molar-refractivity contribution in [2.24, 2.45) is 0 Å². The molecular formula is C22H23ClN2O4S4. The van der Waals surface area contributed by atoms with Gasteiger partial charge in [0, 0.05) is 6.42 Å². The number of nitrogens with zero attached hydrogens (tertiary/aromatic N) is 1. The number of benzene rings is 1. The number of aromatic nitrogens is 1. The number of fused-ring (bicyclic) bond motifs is 1.